The maximum absolute atomic E-state index is 12.8. The van der Waals surface area contributed by atoms with Crippen molar-refractivity contribution in [2.75, 3.05) is 11.9 Å². The largest absolute Gasteiger partial charge is 0.354 e. The van der Waals surface area contributed by atoms with Gasteiger partial charge in [-0.2, -0.15) is 0 Å². The van der Waals surface area contributed by atoms with Gasteiger partial charge in [-0.25, -0.2) is 4.98 Å². The van der Waals surface area contributed by atoms with E-state index in [9.17, 15) is 4.79 Å². The lowest BCUT2D eigenvalue weighted by molar-refractivity contribution is 0.0602. The zero-order valence-corrected chi connectivity index (χ0v) is 15.4. The summed E-state index contributed by atoms with van der Waals surface area (Å²) in [6.45, 7) is 7.20. The number of nitrogens with one attached hydrogen (secondary N) is 1. The van der Waals surface area contributed by atoms with Gasteiger partial charge >= 0.3 is 0 Å². The van der Waals surface area contributed by atoms with Crippen LogP contribution < -0.4 is 5.32 Å². The smallest absolute Gasteiger partial charge is 0.272 e. The monoisotopic (exact) mass is 337 g/mol. The number of likely N-dealkylation sites (tertiary alicyclic amines) is 1. The van der Waals surface area contributed by atoms with E-state index in [1.165, 1.54) is 17.5 Å². The van der Waals surface area contributed by atoms with Gasteiger partial charge in [-0.3, -0.25) is 4.79 Å². The van der Waals surface area contributed by atoms with Crippen LogP contribution in [0.5, 0.6) is 0 Å². The van der Waals surface area contributed by atoms with E-state index in [2.05, 4.69) is 49.3 Å². The molecule has 1 amide bonds. The Hall–Kier alpha value is -2.36. The van der Waals surface area contributed by atoms with Crippen LogP contribution in [-0.2, 0) is 0 Å². The number of carbonyl (C=O) groups excluding carboxylic acids is 1. The highest BCUT2D eigenvalue weighted by molar-refractivity contribution is 5.92. The van der Waals surface area contributed by atoms with Crippen LogP contribution in [0.3, 0.4) is 0 Å². The first-order chi connectivity index (χ1) is 12.1. The number of rotatable bonds is 4. The number of piperidine rings is 1. The molecule has 0 aliphatic carbocycles. The molecule has 4 heteroatoms. The molecule has 3 rings (SSSR count). The first-order valence-electron chi connectivity index (χ1n) is 9.19. The lowest BCUT2D eigenvalue weighted by atomic mass is 9.99. The fourth-order valence-corrected chi connectivity index (χ4v) is 3.42. The standard InChI is InChI=1S/C21H27N3O/c1-4-19-7-5-6-12-24(19)21(25)20-11-10-18(14-22-20)23-17-9-8-15(2)16(3)13-17/h8-11,13-14,19,23H,4-7,12H2,1-3H3. The van der Waals surface area contributed by atoms with Crippen LogP contribution in [0.1, 0.15) is 54.2 Å². The Bertz CT molecular complexity index is 739. The predicted molar refractivity (Wildman–Crippen MR) is 102 cm³/mol. The van der Waals surface area contributed by atoms with Crippen LogP contribution in [0.25, 0.3) is 0 Å². The number of aryl methyl sites for hydroxylation is 2. The molecule has 132 valence electrons. The van der Waals surface area contributed by atoms with Crippen molar-refractivity contribution in [2.24, 2.45) is 0 Å². The van der Waals surface area contributed by atoms with Gasteiger partial charge in [-0.1, -0.05) is 13.0 Å². The maximum Gasteiger partial charge on any atom is 0.272 e. The maximum atomic E-state index is 12.8. The number of carbonyl (C=O) groups is 1. The van der Waals surface area contributed by atoms with Crippen molar-refractivity contribution in [3.05, 3.63) is 53.3 Å². The van der Waals surface area contributed by atoms with Crippen molar-refractivity contribution in [3.63, 3.8) is 0 Å². The molecule has 1 fully saturated rings. The van der Waals surface area contributed by atoms with Crippen molar-refractivity contribution in [2.45, 2.75) is 52.5 Å². The Kier molecular flexibility index (Phi) is 5.37. The van der Waals surface area contributed by atoms with Crippen molar-refractivity contribution < 1.29 is 4.79 Å². The topological polar surface area (TPSA) is 45.2 Å². The summed E-state index contributed by atoms with van der Waals surface area (Å²) in [5.41, 5.74) is 4.99. The van der Waals surface area contributed by atoms with Gasteiger partial charge in [0.2, 0.25) is 0 Å². The number of hydrogen-bond acceptors (Lipinski definition) is 3. The predicted octanol–water partition coefficient (Wildman–Crippen LogP) is 4.85. The molecular formula is C21H27N3O. The molecule has 2 aromatic rings. The molecule has 4 nitrogen and oxygen atoms in total. The van der Waals surface area contributed by atoms with Gasteiger partial charge in [0, 0.05) is 18.3 Å². The molecule has 1 aliphatic heterocycles. The highest BCUT2D eigenvalue weighted by Crippen LogP contribution is 2.23. The number of aromatic nitrogens is 1. The summed E-state index contributed by atoms with van der Waals surface area (Å²) in [6, 6.07) is 10.4. The highest BCUT2D eigenvalue weighted by Gasteiger charge is 2.26. The van der Waals surface area contributed by atoms with Crippen LogP contribution in [-0.4, -0.2) is 28.4 Å². The molecule has 1 atom stereocenters. The van der Waals surface area contributed by atoms with Crippen molar-refractivity contribution in [3.8, 4) is 0 Å². The average Bonchev–Trinajstić information content (AvgIpc) is 2.65. The SMILES string of the molecule is CCC1CCCCN1C(=O)c1ccc(Nc2ccc(C)c(C)c2)cn1. The van der Waals surface area contributed by atoms with Crippen LogP contribution >= 0.6 is 0 Å². The molecule has 1 aromatic heterocycles. The summed E-state index contributed by atoms with van der Waals surface area (Å²) < 4.78 is 0. The van der Waals surface area contributed by atoms with E-state index in [1.54, 1.807) is 6.20 Å². The number of benzene rings is 1. The quantitative estimate of drug-likeness (QED) is 0.867. The van der Waals surface area contributed by atoms with Crippen LogP contribution in [0.15, 0.2) is 36.5 Å². The molecule has 0 radical (unpaired) electrons. The number of nitrogens with zero attached hydrogens (tertiary/aromatic N) is 2. The lowest BCUT2D eigenvalue weighted by Gasteiger charge is -2.35. The first kappa shape index (κ1) is 17.5. The van der Waals surface area contributed by atoms with Gasteiger partial charge in [0.05, 0.1) is 11.9 Å². The van der Waals surface area contributed by atoms with Crippen molar-refractivity contribution in [1.82, 2.24) is 9.88 Å². The van der Waals surface area contributed by atoms with E-state index in [0.29, 0.717) is 11.7 Å². The molecule has 1 aliphatic rings. The summed E-state index contributed by atoms with van der Waals surface area (Å²) in [4.78, 5) is 19.2. The third-order valence-corrected chi connectivity index (χ3v) is 5.14. The normalized spacial score (nSPS) is 17.4. The first-order valence-corrected chi connectivity index (χ1v) is 9.19. The molecule has 1 saturated heterocycles. The molecular weight excluding hydrogens is 310 g/mol. The second kappa shape index (κ2) is 7.68. The van der Waals surface area contributed by atoms with Crippen molar-refractivity contribution >= 4 is 17.3 Å². The summed E-state index contributed by atoms with van der Waals surface area (Å²) in [5, 5.41) is 3.35. The minimum Gasteiger partial charge on any atom is -0.354 e. The molecule has 2 heterocycles. The van der Waals surface area contributed by atoms with E-state index in [1.807, 2.05) is 17.0 Å². The average molecular weight is 337 g/mol. The number of pyridine rings is 1. The number of anilines is 2. The van der Waals surface area contributed by atoms with Gasteiger partial charge in [0.15, 0.2) is 0 Å². The summed E-state index contributed by atoms with van der Waals surface area (Å²) in [5.74, 6) is 0.0595. The molecule has 25 heavy (non-hydrogen) atoms. The summed E-state index contributed by atoms with van der Waals surface area (Å²) >= 11 is 0. The second-order valence-corrected chi connectivity index (χ2v) is 6.91. The van der Waals surface area contributed by atoms with Gasteiger partial charge < -0.3 is 10.2 Å². The van der Waals surface area contributed by atoms with E-state index in [0.717, 1.165) is 37.2 Å². The summed E-state index contributed by atoms with van der Waals surface area (Å²) in [7, 11) is 0. The molecule has 1 N–H and O–H groups in total. The minimum absolute atomic E-state index is 0.0595. The summed E-state index contributed by atoms with van der Waals surface area (Å²) in [6.07, 6.45) is 6.17. The van der Waals surface area contributed by atoms with Gasteiger partial charge in [0.25, 0.3) is 5.91 Å². The zero-order valence-electron chi connectivity index (χ0n) is 15.4. The van der Waals surface area contributed by atoms with E-state index in [4.69, 9.17) is 0 Å². The minimum atomic E-state index is 0.0595. The van der Waals surface area contributed by atoms with Gasteiger partial charge in [0.1, 0.15) is 5.69 Å². The Morgan fingerprint density at radius 2 is 1.96 bits per heavy atom. The number of amides is 1. The Morgan fingerprint density at radius 1 is 1.16 bits per heavy atom. The highest BCUT2D eigenvalue weighted by atomic mass is 16.2. The van der Waals surface area contributed by atoms with Crippen LogP contribution in [0.2, 0.25) is 0 Å². The van der Waals surface area contributed by atoms with Crippen LogP contribution in [0, 0.1) is 13.8 Å². The molecule has 0 spiro atoms. The molecule has 0 bridgehead atoms. The molecule has 1 aromatic carbocycles. The molecule has 0 saturated carbocycles. The Balaban J connectivity index is 1.71. The third-order valence-electron chi connectivity index (χ3n) is 5.14. The zero-order chi connectivity index (χ0) is 17.8. The Labute approximate surface area is 150 Å². The van der Waals surface area contributed by atoms with Gasteiger partial charge in [-0.05, 0) is 74.9 Å². The molecule has 1 unspecified atom stereocenters. The van der Waals surface area contributed by atoms with E-state index >= 15 is 0 Å². The van der Waals surface area contributed by atoms with Gasteiger partial charge in [-0.15, -0.1) is 0 Å². The lowest BCUT2D eigenvalue weighted by Crippen LogP contribution is -2.43. The number of hydrogen-bond donors (Lipinski definition) is 1. The van der Waals surface area contributed by atoms with Crippen LogP contribution in [0.4, 0.5) is 11.4 Å². The fourth-order valence-electron chi connectivity index (χ4n) is 3.42. The van der Waals surface area contributed by atoms with E-state index in [-0.39, 0.29) is 5.91 Å². The third kappa shape index (κ3) is 4.01. The fraction of sp³-hybridized carbons (Fsp3) is 0.429. The second-order valence-electron chi connectivity index (χ2n) is 6.91. The van der Waals surface area contributed by atoms with Crippen molar-refractivity contribution in [1.29, 1.82) is 0 Å². The Morgan fingerprint density at radius 3 is 2.64 bits per heavy atom. The van der Waals surface area contributed by atoms with E-state index < -0.39 is 0 Å².